The molecular formula is C28H26N2O4. The van der Waals surface area contributed by atoms with Crippen LogP contribution < -0.4 is 9.47 Å². The summed E-state index contributed by atoms with van der Waals surface area (Å²) in [6.45, 7) is 1.08. The third-order valence-corrected chi connectivity index (χ3v) is 5.85. The van der Waals surface area contributed by atoms with E-state index in [1.165, 1.54) is 0 Å². The Morgan fingerprint density at radius 1 is 0.765 bits per heavy atom. The lowest BCUT2D eigenvalue weighted by Gasteiger charge is -2.12. The monoisotopic (exact) mass is 454 g/mol. The Labute approximate surface area is 197 Å². The maximum atomic E-state index is 11.4. The quantitative estimate of drug-likeness (QED) is 0.267. The van der Waals surface area contributed by atoms with E-state index in [4.69, 9.17) is 9.47 Å². The molecule has 0 aliphatic heterocycles. The molecule has 0 saturated heterocycles. The van der Waals surface area contributed by atoms with Crippen LogP contribution in [0.1, 0.15) is 12.8 Å². The number of hydrogen-bond donors (Lipinski definition) is 1. The summed E-state index contributed by atoms with van der Waals surface area (Å²) < 4.78 is 15.9. The zero-order valence-corrected chi connectivity index (χ0v) is 18.8. The van der Waals surface area contributed by atoms with Gasteiger partial charge in [0.25, 0.3) is 0 Å². The third-order valence-electron chi connectivity index (χ3n) is 5.85. The van der Waals surface area contributed by atoms with Gasteiger partial charge in [0, 0.05) is 34.7 Å². The highest BCUT2D eigenvalue weighted by atomic mass is 16.5. The standard InChI is InChI=1S/C28H26N2O4/c31-28(32)20-30-24-10-2-1-9-22(24)23-14-13-21(19-26(23)30)33-17-7-8-18-34-27-12-4-3-11-25(27)29-15-5-6-16-29/h1-6,9-16,19H,7-8,17-18,20H2,(H,31,32). The fourth-order valence-corrected chi connectivity index (χ4v) is 4.29. The maximum absolute atomic E-state index is 11.4. The molecule has 0 saturated carbocycles. The number of benzene rings is 3. The number of carboxylic acid groups (broad SMARTS) is 1. The van der Waals surface area contributed by atoms with Crippen LogP contribution in [0.4, 0.5) is 0 Å². The highest BCUT2D eigenvalue weighted by Crippen LogP contribution is 2.31. The number of carbonyl (C=O) groups is 1. The molecule has 0 spiro atoms. The first-order valence-electron chi connectivity index (χ1n) is 11.4. The second-order valence-electron chi connectivity index (χ2n) is 8.14. The Morgan fingerprint density at radius 2 is 1.47 bits per heavy atom. The number of fused-ring (bicyclic) bond motifs is 3. The van der Waals surface area contributed by atoms with E-state index in [2.05, 4.69) is 0 Å². The molecule has 0 fully saturated rings. The number of carboxylic acids is 1. The zero-order valence-electron chi connectivity index (χ0n) is 18.8. The van der Waals surface area contributed by atoms with E-state index in [1.807, 2.05) is 100 Å². The molecule has 34 heavy (non-hydrogen) atoms. The summed E-state index contributed by atoms with van der Waals surface area (Å²) in [5, 5.41) is 11.5. The van der Waals surface area contributed by atoms with Crippen molar-refractivity contribution in [3.05, 3.63) is 91.3 Å². The normalized spacial score (nSPS) is 11.2. The van der Waals surface area contributed by atoms with Gasteiger partial charge >= 0.3 is 5.97 Å². The van der Waals surface area contributed by atoms with Crippen molar-refractivity contribution in [1.82, 2.24) is 9.13 Å². The number of ether oxygens (including phenoxy) is 2. The van der Waals surface area contributed by atoms with Crippen LogP contribution >= 0.6 is 0 Å². The minimum Gasteiger partial charge on any atom is -0.494 e. The summed E-state index contributed by atoms with van der Waals surface area (Å²) in [7, 11) is 0. The minimum atomic E-state index is -0.868. The van der Waals surface area contributed by atoms with Crippen molar-refractivity contribution in [3.8, 4) is 17.2 Å². The van der Waals surface area contributed by atoms with Gasteiger partial charge in [0.1, 0.15) is 18.0 Å². The Morgan fingerprint density at radius 3 is 2.29 bits per heavy atom. The van der Waals surface area contributed by atoms with Crippen molar-refractivity contribution in [3.63, 3.8) is 0 Å². The molecule has 3 aromatic carbocycles. The van der Waals surface area contributed by atoms with Crippen LogP contribution in [0.25, 0.3) is 27.5 Å². The minimum absolute atomic E-state index is 0.0880. The van der Waals surface area contributed by atoms with E-state index in [0.29, 0.717) is 13.2 Å². The van der Waals surface area contributed by atoms with E-state index >= 15 is 0 Å². The summed E-state index contributed by atoms with van der Waals surface area (Å²) in [6, 6.07) is 25.7. The highest BCUT2D eigenvalue weighted by Gasteiger charge is 2.13. The van der Waals surface area contributed by atoms with Crippen LogP contribution in [-0.4, -0.2) is 33.4 Å². The summed E-state index contributed by atoms with van der Waals surface area (Å²) in [6.07, 6.45) is 5.72. The van der Waals surface area contributed by atoms with Gasteiger partial charge in [0.05, 0.1) is 24.4 Å². The summed E-state index contributed by atoms with van der Waals surface area (Å²) in [4.78, 5) is 11.4. The fourth-order valence-electron chi connectivity index (χ4n) is 4.29. The lowest BCUT2D eigenvalue weighted by molar-refractivity contribution is -0.137. The molecule has 0 unspecified atom stereocenters. The van der Waals surface area contributed by atoms with Crippen molar-refractivity contribution in [1.29, 1.82) is 0 Å². The first-order chi connectivity index (χ1) is 16.7. The number of hydrogen-bond acceptors (Lipinski definition) is 3. The van der Waals surface area contributed by atoms with Crippen LogP contribution in [0.3, 0.4) is 0 Å². The fraction of sp³-hybridized carbons (Fsp3) is 0.179. The van der Waals surface area contributed by atoms with E-state index in [1.54, 1.807) is 0 Å². The predicted octanol–water partition coefficient (Wildman–Crippen LogP) is 5.91. The van der Waals surface area contributed by atoms with Crippen LogP contribution in [0.15, 0.2) is 91.3 Å². The molecule has 0 radical (unpaired) electrons. The van der Waals surface area contributed by atoms with E-state index in [9.17, 15) is 9.90 Å². The number of aromatic nitrogens is 2. The molecule has 0 aliphatic carbocycles. The first-order valence-corrected chi connectivity index (χ1v) is 11.4. The van der Waals surface area contributed by atoms with Gasteiger partial charge in [-0.05, 0) is 55.3 Å². The molecule has 1 N–H and O–H groups in total. The third kappa shape index (κ3) is 4.48. The largest absolute Gasteiger partial charge is 0.494 e. The van der Waals surface area contributed by atoms with Gasteiger partial charge in [0.15, 0.2) is 0 Å². The maximum Gasteiger partial charge on any atom is 0.323 e. The Kier molecular flexibility index (Phi) is 6.21. The molecule has 0 aliphatic rings. The zero-order chi connectivity index (χ0) is 23.3. The summed E-state index contributed by atoms with van der Waals surface area (Å²) in [5.74, 6) is 0.726. The Hall–Kier alpha value is -4.19. The average Bonchev–Trinajstić information content (AvgIpc) is 3.49. The van der Waals surface area contributed by atoms with Crippen molar-refractivity contribution >= 4 is 27.8 Å². The van der Waals surface area contributed by atoms with Gasteiger partial charge in [-0.2, -0.15) is 0 Å². The van der Waals surface area contributed by atoms with Crippen molar-refractivity contribution in [2.24, 2.45) is 0 Å². The van der Waals surface area contributed by atoms with Gasteiger partial charge < -0.3 is 23.7 Å². The molecule has 0 atom stereocenters. The van der Waals surface area contributed by atoms with Gasteiger partial charge in [0.2, 0.25) is 0 Å². The van der Waals surface area contributed by atoms with Crippen molar-refractivity contribution in [2.75, 3.05) is 13.2 Å². The molecule has 0 amide bonds. The van der Waals surface area contributed by atoms with Crippen LogP contribution in [0.2, 0.25) is 0 Å². The van der Waals surface area contributed by atoms with E-state index < -0.39 is 5.97 Å². The molecule has 2 heterocycles. The molecular weight excluding hydrogens is 428 g/mol. The first kappa shape index (κ1) is 21.6. The predicted molar refractivity (Wildman–Crippen MR) is 133 cm³/mol. The molecule has 6 heteroatoms. The lowest BCUT2D eigenvalue weighted by Crippen LogP contribution is -2.08. The van der Waals surface area contributed by atoms with Crippen LogP contribution in [0.5, 0.6) is 11.5 Å². The topological polar surface area (TPSA) is 65.6 Å². The van der Waals surface area contributed by atoms with Crippen molar-refractivity contribution in [2.45, 2.75) is 19.4 Å². The summed E-state index contributed by atoms with van der Waals surface area (Å²) >= 11 is 0. The molecule has 2 aromatic heterocycles. The number of nitrogens with zero attached hydrogens (tertiary/aromatic N) is 2. The smallest absolute Gasteiger partial charge is 0.323 e. The van der Waals surface area contributed by atoms with Gasteiger partial charge in [-0.25, -0.2) is 0 Å². The summed E-state index contributed by atoms with van der Waals surface area (Å²) in [5.41, 5.74) is 2.80. The van der Waals surface area contributed by atoms with E-state index in [-0.39, 0.29) is 6.54 Å². The lowest BCUT2D eigenvalue weighted by atomic mass is 10.1. The SMILES string of the molecule is O=C(O)Cn1c2ccccc2c2ccc(OCCCCOc3ccccc3-n3cccc3)cc21. The second kappa shape index (κ2) is 9.75. The number of para-hydroxylation sites is 3. The number of rotatable bonds is 10. The average molecular weight is 455 g/mol. The van der Waals surface area contributed by atoms with E-state index in [0.717, 1.165) is 51.8 Å². The second-order valence-corrected chi connectivity index (χ2v) is 8.14. The molecule has 5 aromatic rings. The molecule has 172 valence electrons. The van der Waals surface area contributed by atoms with Gasteiger partial charge in [-0.1, -0.05) is 30.3 Å². The van der Waals surface area contributed by atoms with Crippen LogP contribution in [0, 0.1) is 0 Å². The molecule has 5 rings (SSSR count). The Balaban J connectivity index is 1.20. The molecule has 0 bridgehead atoms. The van der Waals surface area contributed by atoms with Gasteiger partial charge in [-0.15, -0.1) is 0 Å². The van der Waals surface area contributed by atoms with Crippen molar-refractivity contribution < 1.29 is 19.4 Å². The van der Waals surface area contributed by atoms with Gasteiger partial charge in [-0.3, -0.25) is 4.79 Å². The van der Waals surface area contributed by atoms with Crippen LogP contribution in [-0.2, 0) is 11.3 Å². The Bertz CT molecular complexity index is 1420. The highest BCUT2D eigenvalue weighted by molar-refractivity contribution is 6.08. The number of aliphatic carboxylic acids is 1. The number of unbranched alkanes of at least 4 members (excludes halogenated alkanes) is 1. The molecule has 6 nitrogen and oxygen atoms in total.